The van der Waals surface area contributed by atoms with Crippen molar-refractivity contribution in [3.05, 3.63) is 24.3 Å². The summed E-state index contributed by atoms with van der Waals surface area (Å²) < 4.78 is 22.2. The summed E-state index contributed by atoms with van der Waals surface area (Å²) >= 11 is 0. The molecule has 1 fully saturated rings. The molecule has 2 unspecified atom stereocenters. The van der Waals surface area contributed by atoms with Crippen LogP contribution in [0.1, 0.15) is 200 Å². The SMILES string of the molecule is CCCCCCC/C=C/CCCCCCCC(=O)OC[C@H](CO[C@@H]1O[C@H](CO)[C@H](O)C(O)C1O)OC(=O)CCCCCCCCC/C=C/CCCCCCCC. The van der Waals surface area contributed by atoms with E-state index in [-0.39, 0.29) is 32.0 Å². The minimum Gasteiger partial charge on any atom is -0.462 e. The van der Waals surface area contributed by atoms with Gasteiger partial charge in [-0.25, -0.2) is 0 Å². The van der Waals surface area contributed by atoms with Crippen LogP contribution in [0.2, 0.25) is 0 Å². The van der Waals surface area contributed by atoms with E-state index in [2.05, 4.69) is 38.2 Å². The predicted octanol–water partition coefficient (Wildman–Crippen LogP) is 9.72. The van der Waals surface area contributed by atoms with Gasteiger partial charge in [-0.3, -0.25) is 9.59 Å². The Bertz CT molecular complexity index is 970. The maximum atomic E-state index is 12.8. The maximum Gasteiger partial charge on any atom is 0.306 e. The largest absolute Gasteiger partial charge is 0.462 e. The van der Waals surface area contributed by atoms with Crippen molar-refractivity contribution in [3.8, 4) is 0 Å². The number of esters is 2. The van der Waals surface area contributed by atoms with Crippen molar-refractivity contribution < 1.29 is 49.0 Å². The predicted molar refractivity (Wildman–Crippen MR) is 224 cm³/mol. The van der Waals surface area contributed by atoms with E-state index >= 15 is 0 Å². The van der Waals surface area contributed by atoms with Gasteiger partial charge in [-0.15, -0.1) is 0 Å². The molecule has 56 heavy (non-hydrogen) atoms. The van der Waals surface area contributed by atoms with Crippen molar-refractivity contribution in [2.75, 3.05) is 19.8 Å². The Morgan fingerprint density at radius 3 is 1.39 bits per heavy atom. The van der Waals surface area contributed by atoms with Gasteiger partial charge in [0.25, 0.3) is 0 Å². The van der Waals surface area contributed by atoms with E-state index < -0.39 is 49.4 Å². The molecular formula is C46H84O10. The monoisotopic (exact) mass is 797 g/mol. The first-order valence-electron chi connectivity index (χ1n) is 22.9. The van der Waals surface area contributed by atoms with E-state index in [0.717, 1.165) is 57.8 Å². The zero-order valence-corrected chi connectivity index (χ0v) is 35.6. The molecule has 0 amide bonds. The minimum absolute atomic E-state index is 0.221. The van der Waals surface area contributed by atoms with Crippen LogP contribution >= 0.6 is 0 Å². The molecule has 0 bridgehead atoms. The van der Waals surface area contributed by atoms with E-state index in [4.69, 9.17) is 18.9 Å². The van der Waals surface area contributed by atoms with Crippen molar-refractivity contribution in [3.63, 3.8) is 0 Å². The smallest absolute Gasteiger partial charge is 0.306 e. The minimum atomic E-state index is -1.59. The van der Waals surface area contributed by atoms with Crippen LogP contribution < -0.4 is 0 Å². The number of allylic oxidation sites excluding steroid dienone is 4. The second kappa shape index (κ2) is 37.5. The molecule has 0 spiro atoms. The number of carbonyl (C=O) groups excluding carboxylic acids is 2. The zero-order valence-electron chi connectivity index (χ0n) is 35.6. The number of aliphatic hydroxyl groups is 4. The van der Waals surface area contributed by atoms with E-state index in [1.807, 2.05) is 0 Å². The number of rotatable bonds is 38. The lowest BCUT2D eigenvalue weighted by molar-refractivity contribution is -0.305. The Labute approximate surface area is 341 Å². The van der Waals surface area contributed by atoms with E-state index in [1.165, 1.54) is 103 Å². The molecule has 10 heteroatoms. The van der Waals surface area contributed by atoms with E-state index in [1.54, 1.807) is 0 Å². The van der Waals surface area contributed by atoms with E-state index in [9.17, 15) is 30.0 Å². The maximum absolute atomic E-state index is 12.8. The summed E-state index contributed by atoms with van der Waals surface area (Å²) in [5.41, 5.74) is 0. The molecule has 0 aromatic heterocycles. The van der Waals surface area contributed by atoms with Crippen LogP contribution in [-0.4, -0.2) is 89.0 Å². The number of carbonyl (C=O) groups is 2. The molecule has 1 aliphatic heterocycles. The summed E-state index contributed by atoms with van der Waals surface area (Å²) in [7, 11) is 0. The van der Waals surface area contributed by atoms with Gasteiger partial charge in [0.05, 0.1) is 13.2 Å². The Hall–Kier alpha value is -1.82. The zero-order chi connectivity index (χ0) is 40.9. The van der Waals surface area contributed by atoms with Crippen LogP contribution in [-0.2, 0) is 28.5 Å². The highest BCUT2D eigenvalue weighted by Crippen LogP contribution is 2.23. The molecule has 1 heterocycles. The standard InChI is InChI=1S/C46H84O10/c1-3-5-7-9-11-13-15-17-19-20-21-23-25-27-29-31-33-35-42(49)55-39(38-54-46-45(52)44(51)43(50)40(36-47)56-46)37-53-41(48)34-32-30-28-26-24-22-18-16-14-12-10-8-6-4-2/h16-19,39-40,43-47,50-52H,3-15,20-38H2,1-2H3/b18-16+,19-17+/t39-,40-,43+,44?,45?,46-/m1/s1. The Balaban J connectivity index is 2.33. The molecule has 0 aromatic carbocycles. The molecule has 0 radical (unpaired) electrons. The van der Waals surface area contributed by atoms with Crippen LogP contribution in [0.5, 0.6) is 0 Å². The Morgan fingerprint density at radius 2 is 0.946 bits per heavy atom. The number of unbranched alkanes of at least 4 members (excludes halogenated alkanes) is 23. The van der Waals surface area contributed by atoms with Crippen molar-refractivity contribution in [2.45, 2.75) is 237 Å². The molecule has 328 valence electrons. The van der Waals surface area contributed by atoms with Gasteiger partial charge in [0.15, 0.2) is 12.4 Å². The lowest BCUT2D eigenvalue weighted by atomic mass is 9.99. The van der Waals surface area contributed by atoms with Gasteiger partial charge in [-0.2, -0.15) is 0 Å². The highest BCUT2D eigenvalue weighted by molar-refractivity contribution is 5.70. The van der Waals surface area contributed by atoms with Gasteiger partial charge in [0.2, 0.25) is 0 Å². The van der Waals surface area contributed by atoms with Gasteiger partial charge < -0.3 is 39.4 Å². The first-order valence-corrected chi connectivity index (χ1v) is 22.9. The molecule has 10 nitrogen and oxygen atoms in total. The third-order valence-corrected chi connectivity index (χ3v) is 10.6. The van der Waals surface area contributed by atoms with Gasteiger partial charge in [-0.1, -0.05) is 147 Å². The third-order valence-electron chi connectivity index (χ3n) is 10.6. The van der Waals surface area contributed by atoms with Crippen molar-refractivity contribution >= 4 is 11.9 Å². The summed E-state index contributed by atoms with van der Waals surface area (Å²) in [6, 6.07) is 0. The number of aliphatic hydroxyl groups excluding tert-OH is 4. The molecule has 1 aliphatic rings. The number of hydrogen-bond donors (Lipinski definition) is 4. The fraction of sp³-hybridized carbons (Fsp3) is 0.870. The third kappa shape index (κ3) is 28.6. The fourth-order valence-corrected chi connectivity index (χ4v) is 6.88. The van der Waals surface area contributed by atoms with Crippen molar-refractivity contribution in [1.82, 2.24) is 0 Å². The molecule has 0 aromatic rings. The topological polar surface area (TPSA) is 152 Å². The molecule has 6 atom stereocenters. The number of ether oxygens (including phenoxy) is 4. The van der Waals surface area contributed by atoms with Crippen LogP contribution in [0.4, 0.5) is 0 Å². The molecule has 0 aliphatic carbocycles. The van der Waals surface area contributed by atoms with Gasteiger partial charge >= 0.3 is 11.9 Å². The molecule has 0 saturated carbocycles. The Kier molecular flexibility index (Phi) is 34.9. The summed E-state index contributed by atoms with van der Waals surface area (Å²) in [4.78, 5) is 25.3. The van der Waals surface area contributed by atoms with Crippen LogP contribution in [0.3, 0.4) is 0 Å². The summed E-state index contributed by atoms with van der Waals surface area (Å²) in [6.45, 7) is 3.40. The first-order chi connectivity index (χ1) is 27.3. The van der Waals surface area contributed by atoms with Crippen LogP contribution in [0.25, 0.3) is 0 Å². The van der Waals surface area contributed by atoms with Gasteiger partial charge in [0, 0.05) is 12.8 Å². The van der Waals surface area contributed by atoms with Crippen LogP contribution in [0.15, 0.2) is 24.3 Å². The average molecular weight is 797 g/mol. The van der Waals surface area contributed by atoms with Crippen LogP contribution in [0, 0.1) is 0 Å². The van der Waals surface area contributed by atoms with E-state index in [0.29, 0.717) is 12.8 Å². The second-order valence-corrected chi connectivity index (χ2v) is 15.8. The summed E-state index contributed by atoms with van der Waals surface area (Å²) in [6.07, 6.45) is 33.2. The lowest BCUT2D eigenvalue weighted by Crippen LogP contribution is -2.59. The highest BCUT2D eigenvalue weighted by Gasteiger charge is 2.44. The first kappa shape index (κ1) is 52.2. The normalized spacial score (nSPS) is 20.6. The summed E-state index contributed by atoms with van der Waals surface area (Å²) in [5.74, 6) is -0.817. The molecular weight excluding hydrogens is 712 g/mol. The van der Waals surface area contributed by atoms with Crippen molar-refractivity contribution in [2.24, 2.45) is 0 Å². The van der Waals surface area contributed by atoms with Crippen molar-refractivity contribution in [1.29, 1.82) is 0 Å². The molecule has 1 rings (SSSR count). The average Bonchev–Trinajstić information content (AvgIpc) is 3.19. The second-order valence-electron chi connectivity index (χ2n) is 15.8. The molecule has 1 saturated heterocycles. The quantitative estimate of drug-likeness (QED) is 0.0270. The van der Waals surface area contributed by atoms with Gasteiger partial charge in [-0.05, 0) is 64.2 Å². The Morgan fingerprint density at radius 1 is 0.536 bits per heavy atom. The lowest BCUT2D eigenvalue weighted by Gasteiger charge is -2.39. The number of hydrogen-bond acceptors (Lipinski definition) is 10. The molecule has 4 N–H and O–H groups in total. The fourth-order valence-electron chi connectivity index (χ4n) is 6.88. The highest BCUT2D eigenvalue weighted by atomic mass is 16.7. The van der Waals surface area contributed by atoms with Gasteiger partial charge in [0.1, 0.15) is 31.0 Å². The summed E-state index contributed by atoms with van der Waals surface area (Å²) in [5, 5.41) is 40.1.